The van der Waals surface area contributed by atoms with Gasteiger partial charge in [-0.1, -0.05) is 66.7 Å². The van der Waals surface area contributed by atoms with E-state index in [0.29, 0.717) is 0 Å². The molecule has 5 aromatic rings. The van der Waals surface area contributed by atoms with Crippen LogP contribution in [0.15, 0.2) is 78.9 Å². The lowest BCUT2D eigenvalue weighted by Crippen LogP contribution is -1.97. The van der Waals surface area contributed by atoms with Crippen molar-refractivity contribution in [3.63, 3.8) is 0 Å². The van der Waals surface area contributed by atoms with Gasteiger partial charge in [-0.25, -0.2) is 4.98 Å². The van der Waals surface area contributed by atoms with Gasteiger partial charge in [-0.2, -0.15) is 0 Å². The van der Waals surface area contributed by atoms with Gasteiger partial charge in [-0.05, 0) is 35.6 Å². The molecular weight excluding hydrogens is 292 g/mol. The minimum atomic E-state index is 1.02. The van der Waals surface area contributed by atoms with Crippen molar-refractivity contribution in [2.45, 2.75) is 6.92 Å². The molecule has 24 heavy (non-hydrogen) atoms. The summed E-state index contributed by atoms with van der Waals surface area (Å²) in [6.45, 7) is 2.21. The molecule has 2 heteroatoms. The molecule has 0 N–H and O–H groups in total. The van der Waals surface area contributed by atoms with Crippen molar-refractivity contribution < 1.29 is 0 Å². The lowest BCUT2D eigenvalue weighted by molar-refractivity contribution is 1.22. The Morgan fingerprint density at radius 1 is 0.708 bits per heavy atom. The number of pyridine rings is 1. The Labute approximate surface area is 140 Å². The summed E-state index contributed by atoms with van der Waals surface area (Å²) < 4.78 is 2.31. The van der Waals surface area contributed by atoms with Crippen LogP contribution < -0.4 is 0 Å². The molecule has 3 aromatic carbocycles. The average Bonchev–Trinajstić information content (AvgIpc) is 3.03. The van der Waals surface area contributed by atoms with Gasteiger partial charge in [0, 0.05) is 5.39 Å². The van der Waals surface area contributed by atoms with Crippen molar-refractivity contribution in [2.75, 3.05) is 0 Å². The van der Waals surface area contributed by atoms with E-state index in [2.05, 4.69) is 84.1 Å². The molecule has 2 nitrogen and oxygen atoms in total. The monoisotopic (exact) mass is 308 g/mol. The molecular formula is C22H16N2. The summed E-state index contributed by atoms with van der Waals surface area (Å²) in [4.78, 5) is 4.93. The van der Waals surface area contributed by atoms with Gasteiger partial charge >= 0.3 is 0 Å². The molecule has 0 bridgehead atoms. The molecule has 0 unspecified atom stereocenters. The fourth-order valence-electron chi connectivity index (χ4n) is 3.68. The van der Waals surface area contributed by atoms with Gasteiger partial charge in [0.1, 0.15) is 5.65 Å². The van der Waals surface area contributed by atoms with Crippen LogP contribution in [0, 0.1) is 6.92 Å². The normalized spacial score (nSPS) is 11.5. The molecule has 2 heterocycles. The molecule has 2 aromatic heterocycles. The third-order valence-corrected chi connectivity index (χ3v) is 4.76. The number of hydrogen-bond donors (Lipinski definition) is 0. The van der Waals surface area contributed by atoms with Crippen molar-refractivity contribution in [1.82, 2.24) is 9.38 Å². The molecule has 0 radical (unpaired) electrons. The van der Waals surface area contributed by atoms with E-state index in [-0.39, 0.29) is 0 Å². The van der Waals surface area contributed by atoms with Crippen LogP contribution in [0.2, 0.25) is 0 Å². The van der Waals surface area contributed by atoms with Gasteiger partial charge in [0.25, 0.3) is 0 Å². The second-order valence-electron chi connectivity index (χ2n) is 6.14. The molecule has 0 fully saturated rings. The van der Waals surface area contributed by atoms with Crippen LogP contribution in [0.5, 0.6) is 0 Å². The highest BCUT2D eigenvalue weighted by Gasteiger charge is 2.16. The third kappa shape index (κ3) is 1.74. The summed E-state index contributed by atoms with van der Waals surface area (Å²) in [5, 5.41) is 2.46. The molecule has 0 saturated carbocycles. The van der Waals surface area contributed by atoms with Crippen LogP contribution >= 0.6 is 0 Å². The summed E-state index contributed by atoms with van der Waals surface area (Å²) in [5.74, 6) is 0. The Kier molecular flexibility index (Phi) is 2.74. The lowest BCUT2D eigenvalue weighted by Gasteiger charge is -2.14. The van der Waals surface area contributed by atoms with Gasteiger partial charge in [-0.15, -0.1) is 0 Å². The molecule has 0 amide bonds. The number of para-hydroxylation sites is 2. The molecule has 5 rings (SSSR count). The Morgan fingerprint density at radius 3 is 2.21 bits per heavy atom. The van der Waals surface area contributed by atoms with Crippen molar-refractivity contribution in [2.24, 2.45) is 0 Å². The minimum absolute atomic E-state index is 1.02. The van der Waals surface area contributed by atoms with E-state index in [9.17, 15) is 0 Å². The summed E-state index contributed by atoms with van der Waals surface area (Å²) >= 11 is 0. The fourth-order valence-corrected chi connectivity index (χ4v) is 3.68. The first-order valence-electron chi connectivity index (χ1n) is 8.18. The summed E-state index contributed by atoms with van der Waals surface area (Å²) in [5.41, 5.74) is 6.93. The van der Waals surface area contributed by atoms with E-state index in [1.807, 2.05) is 6.07 Å². The average molecular weight is 308 g/mol. The zero-order valence-corrected chi connectivity index (χ0v) is 13.4. The Balaban J connectivity index is 2.11. The van der Waals surface area contributed by atoms with Gasteiger partial charge in [0.05, 0.1) is 16.7 Å². The number of imidazole rings is 1. The van der Waals surface area contributed by atoms with Crippen molar-refractivity contribution in [3.8, 4) is 11.3 Å². The first kappa shape index (κ1) is 13.3. The van der Waals surface area contributed by atoms with Crippen molar-refractivity contribution in [1.29, 1.82) is 0 Å². The van der Waals surface area contributed by atoms with E-state index in [1.165, 1.54) is 27.6 Å². The van der Waals surface area contributed by atoms with Crippen LogP contribution in [0.3, 0.4) is 0 Å². The second-order valence-corrected chi connectivity index (χ2v) is 6.14. The number of benzene rings is 3. The summed E-state index contributed by atoms with van der Waals surface area (Å²) in [6.07, 6.45) is 0. The predicted molar refractivity (Wildman–Crippen MR) is 100 cm³/mol. The first-order chi connectivity index (χ1) is 11.8. The maximum Gasteiger partial charge on any atom is 0.146 e. The van der Waals surface area contributed by atoms with Crippen LogP contribution in [-0.2, 0) is 0 Å². The molecule has 0 spiro atoms. The van der Waals surface area contributed by atoms with Crippen LogP contribution in [0.1, 0.15) is 5.56 Å². The first-order valence-corrected chi connectivity index (χ1v) is 8.18. The highest BCUT2D eigenvalue weighted by Crippen LogP contribution is 2.35. The number of aryl methyl sites for hydroxylation is 1. The van der Waals surface area contributed by atoms with E-state index in [0.717, 1.165) is 16.7 Å². The maximum absolute atomic E-state index is 4.93. The maximum atomic E-state index is 4.93. The third-order valence-electron chi connectivity index (χ3n) is 4.76. The Morgan fingerprint density at radius 2 is 1.38 bits per heavy atom. The molecule has 0 aliphatic heterocycles. The molecule has 0 atom stereocenters. The molecule has 0 saturated heterocycles. The molecule has 114 valence electrons. The van der Waals surface area contributed by atoms with E-state index in [4.69, 9.17) is 4.98 Å². The number of rotatable bonds is 1. The lowest BCUT2D eigenvalue weighted by atomic mass is 10.00. The minimum Gasteiger partial charge on any atom is -0.291 e. The van der Waals surface area contributed by atoms with Crippen LogP contribution in [0.25, 0.3) is 38.7 Å². The largest absolute Gasteiger partial charge is 0.291 e. The SMILES string of the molecule is Cc1c(-c2ccccc2)n2c3ccccc3nc2c2ccccc12. The summed E-state index contributed by atoms with van der Waals surface area (Å²) in [7, 11) is 0. The number of hydrogen-bond acceptors (Lipinski definition) is 1. The molecule has 0 aliphatic carbocycles. The zero-order chi connectivity index (χ0) is 16.1. The number of fused-ring (bicyclic) bond motifs is 5. The van der Waals surface area contributed by atoms with Crippen molar-refractivity contribution in [3.05, 3.63) is 84.4 Å². The Hall–Kier alpha value is -3.13. The van der Waals surface area contributed by atoms with Gasteiger partial charge < -0.3 is 0 Å². The molecule has 0 aliphatic rings. The Bertz CT molecular complexity index is 1200. The van der Waals surface area contributed by atoms with E-state index in [1.54, 1.807) is 0 Å². The number of aromatic nitrogens is 2. The summed E-state index contributed by atoms with van der Waals surface area (Å²) in [6, 6.07) is 27.5. The van der Waals surface area contributed by atoms with E-state index >= 15 is 0 Å². The smallest absolute Gasteiger partial charge is 0.146 e. The fraction of sp³-hybridized carbons (Fsp3) is 0.0455. The zero-order valence-electron chi connectivity index (χ0n) is 13.4. The van der Waals surface area contributed by atoms with Gasteiger partial charge in [-0.3, -0.25) is 4.40 Å². The topological polar surface area (TPSA) is 17.3 Å². The standard InChI is InChI=1S/C22H16N2/c1-15-17-11-5-6-12-18(17)22-23-19-13-7-8-14-20(19)24(22)21(15)16-9-3-2-4-10-16/h2-14H,1H3. The van der Waals surface area contributed by atoms with E-state index < -0.39 is 0 Å². The van der Waals surface area contributed by atoms with Crippen LogP contribution in [-0.4, -0.2) is 9.38 Å². The highest BCUT2D eigenvalue weighted by atomic mass is 15.0. The van der Waals surface area contributed by atoms with Crippen molar-refractivity contribution >= 4 is 27.5 Å². The van der Waals surface area contributed by atoms with Crippen LogP contribution in [0.4, 0.5) is 0 Å². The predicted octanol–water partition coefficient (Wildman–Crippen LogP) is 5.62. The quantitative estimate of drug-likeness (QED) is 0.393. The highest BCUT2D eigenvalue weighted by molar-refractivity contribution is 6.03. The van der Waals surface area contributed by atoms with Gasteiger partial charge in [0.15, 0.2) is 0 Å². The van der Waals surface area contributed by atoms with Gasteiger partial charge in [0.2, 0.25) is 0 Å². The second kappa shape index (κ2) is 4.93. The number of nitrogens with zero attached hydrogens (tertiary/aromatic N) is 2.